The van der Waals surface area contributed by atoms with Crippen LogP contribution in [0.1, 0.15) is 24.0 Å². The van der Waals surface area contributed by atoms with Crippen LogP contribution in [0.4, 0.5) is 13.2 Å². The zero-order chi connectivity index (χ0) is 28.0. The van der Waals surface area contributed by atoms with Gasteiger partial charge < -0.3 is 14.3 Å². The molecule has 3 aliphatic rings. The lowest BCUT2D eigenvalue weighted by atomic mass is 10.1. The highest BCUT2D eigenvalue weighted by Gasteiger charge is 2.45. The third kappa shape index (κ3) is 5.71. The van der Waals surface area contributed by atoms with E-state index in [4.69, 9.17) is 0 Å². The van der Waals surface area contributed by atoms with Crippen molar-refractivity contribution in [3.63, 3.8) is 0 Å². The number of hydrogen-bond donors (Lipinski definition) is 1. The molecule has 1 aromatic carbocycles. The van der Waals surface area contributed by atoms with Crippen molar-refractivity contribution in [3.8, 4) is 11.5 Å². The summed E-state index contributed by atoms with van der Waals surface area (Å²) in [6.07, 6.45) is -4.45. The minimum absolute atomic E-state index is 0.00864. The van der Waals surface area contributed by atoms with Crippen LogP contribution < -0.4 is 11.2 Å². The van der Waals surface area contributed by atoms with E-state index < -0.39 is 39.5 Å². The first-order valence-electron chi connectivity index (χ1n) is 11.6. The molecule has 12 nitrogen and oxygen atoms in total. The highest BCUT2D eigenvalue weighted by atomic mass is 32.2. The molecule has 1 fully saturated rings. The van der Waals surface area contributed by atoms with Crippen LogP contribution in [-0.4, -0.2) is 81.4 Å². The summed E-state index contributed by atoms with van der Waals surface area (Å²) in [4.78, 5) is 52.3. The zero-order valence-corrected chi connectivity index (χ0v) is 21.5. The number of fused-ring (bicyclic) bond motifs is 2. The number of aromatic amines is 1. The normalized spacial score (nSPS) is 16.0. The van der Waals surface area contributed by atoms with Crippen molar-refractivity contribution in [1.29, 1.82) is 0 Å². The number of likely N-dealkylation sites (tertiary alicyclic amines) is 1. The monoisotopic (exact) mass is 558 g/mol. The Kier molecular flexibility index (Phi) is 7.33. The number of sulfonamides is 1. The second kappa shape index (κ2) is 10.1. The first kappa shape index (κ1) is 27.7. The molecule has 1 saturated heterocycles. The fourth-order valence-electron chi connectivity index (χ4n) is 4.42. The SMILES string of the molecule is Cc1cc2nc3c(=O)[nH]c(=O)nc-3n(CCN3CCC(N(OC(=O)C(F)(F)F)S(C)(=O)=O)CC3)c2cc1C. The lowest BCUT2D eigenvalue weighted by Gasteiger charge is -2.36. The molecule has 0 aromatic heterocycles. The number of hydroxylamine groups is 1. The van der Waals surface area contributed by atoms with E-state index in [0.717, 1.165) is 11.1 Å². The minimum Gasteiger partial charge on any atom is -0.345 e. The topological polar surface area (TPSA) is 148 Å². The molecule has 3 heterocycles. The maximum Gasteiger partial charge on any atom is 0.492 e. The van der Waals surface area contributed by atoms with E-state index in [-0.39, 0.29) is 35.4 Å². The first-order chi connectivity index (χ1) is 17.6. The minimum atomic E-state index is -5.34. The molecule has 3 aliphatic heterocycles. The molecule has 206 valence electrons. The molecule has 0 unspecified atom stereocenters. The molecule has 0 saturated carbocycles. The highest BCUT2D eigenvalue weighted by Crippen LogP contribution is 2.26. The lowest BCUT2D eigenvalue weighted by Crippen LogP contribution is -2.49. The van der Waals surface area contributed by atoms with Crippen molar-refractivity contribution >= 4 is 27.0 Å². The number of aryl methyl sites for hydroxylation is 2. The van der Waals surface area contributed by atoms with E-state index in [1.165, 1.54) is 0 Å². The average molecular weight is 559 g/mol. The van der Waals surface area contributed by atoms with Crippen LogP contribution >= 0.6 is 0 Å². The van der Waals surface area contributed by atoms with Crippen LogP contribution in [-0.2, 0) is 26.2 Å². The van der Waals surface area contributed by atoms with Crippen LogP contribution in [0.3, 0.4) is 0 Å². The molecule has 0 bridgehead atoms. The summed E-state index contributed by atoms with van der Waals surface area (Å²) >= 11 is 0. The van der Waals surface area contributed by atoms with Crippen LogP contribution in [0, 0.1) is 13.8 Å². The molecule has 1 N–H and O–H groups in total. The van der Waals surface area contributed by atoms with E-state index in [0.29, 0.717) is 36.9 Å². The summed E-state index contributed by atoms with van der Waals surface area (Å²) in [6, 6.07) is 2.76. The molecular formula is C22H25F3N6O6S. The van der Waals surface area contributed by atoms with Crippen LogP contribution in [0.25, 0.3) is 22.6 Å². The number of nitrogens with one attached hydrogen (secondary N) is 1. The number of benzene rings is 1. The van der Waals surface area contributed by atoms with Crippen LogP contribution in [0.2, 0.25) is 0 Å². The maximum atomic E-state index is 12.7. The Bertz CT molecular complexity index is 1580. The number of nitrogens with zero attached hydrogens (tertiary/aromatic N) is 5. The maximum absolute atomic E-state index is 12.7. The second-order valence-corrected chi connectivity index (χ2v) is 11.0. The number of carbonyl (C=O) groups excluding carboxylic acids is 1. The largest absolute Gasteiger partial charge is 0.492 e. The van der Waals surface area contributed by atoms with Crippen LogP contribution in [0.5, 0.6) is 0 Å². The molecule has 1 aromatic rings. The quantitative estimate of drug-likeness (QED) is 0.345. The second-order valence-electron chi connectivity index (χ2n) is 9.20. The van der Waals surface area contributed by atoms with Crippen molar-refractivity contribution in [2.45, 2.75) is 45.5 Å². The number of H-pyrrole nitrogens is 1. The summed E-state index contributed by atoms with van der Waals surface area (Å²) in [5.41, 5.74) is 1.67. The number of hydrogen-bond acceptors (Lipinski definition) is 9. The van der Waals surface area contributed by atoms with E-state index in [1.807, 2.05) is 30.9 Å². The van der Waals surface area contributed by atoms with Crippen molar-refractivity contribution in [3.05, 3.63) is 44.1 Å². The van der Waals surface area contributed by atoms with Gasteiger partial charge in [0.05, 0.1) is 23.3 Å². The lowest BCUT2D eigenvalue weighted by molar-refractivity contribution is -0.228. The standard InChI is InChI=1S/C22H25F3N6O6S/c1-12-10-15-16(11-13(12)2)30(18-17(26-15)19(32)28-21(34)27-18)9-8-29-6-4-14(5-7-29)31(38(3,35)36)37-20(33)22(23,24)25/h10-11,14H,4-9H2,1-3H3,(H,28,32,34). The summed E-state index contributed by atoms with van der Waals surface area (Å²) in [6.45, 7) is 5.09. The third-order valence-electron chi connectivity index (χ3n) is 6.45. The molecule has 0 atom stereocenters. The Labute approximate surface area is 214 Å². The molecular weight excluding hydrogens is 533 g/mol. The first-order valence-corrected chi connectivity index (χ1v) is 13.4. The van der Waals surface area contributed by atoms with E-state index in [9.17, 15) is 36.0 Å². The molecule has 4 rings (SSSR count). The van der Waals surface area contributed by atoms with Gasteiger partial charge in [-0.3, -0.25) is 9.78 Å². The van der Waals surface area contributed by atoms with Gasteiger partial charge in [-0.25, -0.2) is 23.0 Å². The van der Waals surface area contributed by atoms with Crippen molar-refractivity contribution < 1.29 is 31.2 Å². The number of rotatable bonds is 6. The van der Waals surface area contributed by atoms with E-state index >= 15 is 0 Å². The average Bonchev–Trinajstić information content (AvgIpc) is 2.81. The Balaban J connectivity index is 1.55. The Morgan fingerprint density at radius 1 is 1.13 bits per heavy atom. The summed E-state index contributed by atoms with van der Waals surface area (Å²) in [5.74, 6) is -2.49. The van der Waals surface area contributed by atoms with Gasteiger partial charge in [0.25, 0.3) is 5.56 Å². The fourth-order valence-corrected chi connectivity index (χ4v) is 5.37. The molecule has 0 spiro atoms. The van der Waals surface area contributed by atoms with Gasteiger partial charge in [-0.2, -0.15) is 18.2 Å². The molecule has 38 heavy (non-hydrogen) atoms. The number of carbonyl (C=O) groups is 1. The van der Waals surface area contributed by atoms with Gasteiger partial charge >= 0.3 is 17.8 Å². The molecule has 16 heteroatoms. The van der Waals surface area contributed by atoms with E-state index in [1.54, 1.807) is 4.57 Å². The molecule has 0 amide bonds. The van der Waals surface area contributed by atoms with Crippen molar-refractivity contribution in [2.75, 3.05) is 25.9 Å². The zero-order valence-electron chi connectivity index (χ0n) is 20.7. The summed E-state index contributed by atoms with van der Waals surface area (Å²) in [5, 5.41) is 0. The van der Waals surface area contributed by atoms with Gasteiger partial charge in [0, 0.05) is 13.1 Å². The smallest absolute Gasteiger partial charge is 0.345 e. The van der Waals surface area contributed by atoms with Crippen molar-refractivity contribution in [2.24, 2.45) is 0 Å². The summed E-state index contributed by atoms with van der Waals surface area (Å²) < 4.78 is 63.9. The number of aromatic nitrogens is 4. The Morgan fingerprint density at radius 3 is 2.37 bits per heavy atom. The van der Waals surface area contributed by atoms with E-state index in [2.05, 4.69) is 19.8 Å². The predicted molar refractivity (Wildman–Crippen MR) is 129 cm³/mol. The summed E-state index contributed by atoms with van der Waals surface area (Å²) in [7, 11) is -4.27. The highest BCUT2D eigenvalue weighted by molar-refractivity contribution is 7.88. The number of halogens is 3. The van der Waals surface area contributed by atoms with Gasteiger partial charge in [-0.05, 0) is 67.5 Å². The van der Waals surface area contributed by atoms with Gasteiger partial charge in [-0.1, -0.05) is 0 Å². The van der Waals surface area contributed by atoms with Gasteiger partial charge in [0.15, 0.2) is 11.5 Å². The molecule has 0 radical (unpaired) electrons. The number of piperidine rings is 1. The van der Waals surface area contributed by atoms with Gasteiger partial charge in [0.1, 0.15) is 0 Å². The fraction of sp³-hybridized carbons (Fsp3) is 0.500. The Morgan fingerprint density at radius 2 is 1.76 bits per heavy atom. The third-order valence-corrected chi connectivity index (χ3v) is 7.48. The molecule has 0 aliphatic carbocycles. The van der Waals surface area contributed by atoms with Gasteiger partial charge in [0.2, 0.25) is 10.0 Å². The van der Waals surface area contributed by atoms with Crippen molar-refractivity contribution in [1.82, 2.24) is 28.9 Å². The van der Waals surface area contributed by atoms with Gasteiger partial charge in [-0.15, -0.1) is 0 Å². The van der Waals surface area contributed by atoms with Crippen LogP contribution in [0.15, 0.2) is 21.7 Å². The Hall–Kier alpha value is -3.37. The predicted octanol–water partition coefficient (Wildman–Crippen LogP) is 0.948. The number of alkyl halides is 3.